The van der Waals surface area contributed by atoms with Gasteiger partial charge in [0.25, 0.3) is 11.7 Å². The molecule has 0 radical (unpaired) electrons. The maximum Gasteiger partial charge on any atom is 0.300 e. The number of nitrogens with zero attached hydrogens (tertiary/aromatic N) is 1. The van der Waals surface area contributed by atoms with E-state index < -0.39 is 23.5 Å². The van der Waals surface area contributed by atoms with Crippen LogP contribution < -0.4 is 19.1 Å². The molecule has 4 rings (SSSR count). The van der Waals surface area contributed by atoms with E-state index in [0.717, 1.165) is 12.0 Å². The summed E-state index contributed by atoms with van der Waals surface area (Å²) < 4.78 is 30.0. The second-order valence-electron chi connectivity index (χ2n) is 8.15. The van der Waals surface area contributed by atoms with Gasteiger partial charge in [-0.15, -0.1) is 0 Å². The second-order valence-corrected chi connectivity index (χ2v) is 8.15. The van der Waals surface area contributed by atoms with Crippen molar-refractivity contribution in [3.63, 3.8) is 0 Å². The fourth-order valence-corrected chi connectivity index (χ4v) is 4.33. The molecule has 1 fully saturated rings. The predicted octanol–water partition coefficient (Wildman–Crippen LogP) is 5.04. The van der Waals surface area contributed by atoms with Gasteiger partial charge in [-0.2, -0.15) is 0 Å². The van der Waals surface area contributed by atoms with Crippen LogP contribution in [0.25, 0.3) is 5.76 Å². The Labute approximate surface area is 208 Å². The van der Waals surface area contributed by atoms with Crippen LogP contribution in [0, 0.1) is 5.82 Å². The number of carbonyl (C=O) groups is 2. The van der Waals surface area contributed by atoms with Crippen LogP contribution in [0.5, 0.6) is 17.2 Å². The largest absolute Gasteiger partial charge is 0.507 e. The monoisotopic (exact) mass is 491 g/mol. The van der Waals surface area contributed by atoms with Crippen molar-refractivity contribution in [1.82, 2.24) is 0 Å². The number of aryl methyl sites for hydroxylation is 1. The molecule has 1 saturated heterocycles. The number of aliphatic hydroxyl groups is 1. The van der Waals surface area contributed by atoms with Gasteiger partial charge in [0.05, 0.1) is 32.9 Å². The highest BCUT2D eigenvalue weighted by Crippen LogP contribution is 2.47. The molecule has 1 N–H and O–H groups in total. The lowest BCUT2D eigenvalue weighted by molar-refractivity contribution is -0.132. The van der Waals surface area contributed by atoms with Gasteiger partial charge in [-0.25, -0.2) is 4.39 Å². The number of methoxy groups -OCH3 is 3. The minimum atomic E-state index is -1.05. The number of hydrogen-bond acceptors (Lipinski definition) is 6. The van der Waals surface area contributed by atoms with E-state index in [1.165, 1.54) is 50.5 Å². The zero-order valence-electron chi connectivity index (χ0n) is 20.4. The number of benzene rings is 3. The van der Waals surface area contributed by atoms with Crippen LogP contribution in [0.1, 0.15) is 29.7 Å². The third-order valence-corrected chi connectivity index (χ3v) is 6.19. The molecule has 8 heteroatoms. The zero-order chi connectivity index (χ0) is 26.0. The molecule has 1 aliphatic rings. The number of aliphatic hydroxyl groups excluding tert-OH is 1. The van der Waals surface area contributed by atoms with Crippen molar-refractivity contribution in [3.05, 3.63) is 88.7 Å². The van der Waals surface area contributed by atoms with Gasteiger partial charge in [0, 0.05) is 11.3 Å². The van der Waals surface area contributed by atoms with E-state index in [9.17, 15) is 19.1 Å². The Kier molecular flexibility index (Phi) is 6.96. The Morgan fingerprint density at radius 3 is 2.00 bits per heavy atom. The SMILES string of the molecule is CCc1ccc(/C(O)=C2\C(=O)C(=O)N(c3ccc(F)cc3)C2c2cc(OC)c(OC)c(OC)c2)cc1. The van der Waals surface area contributed by atoms with E-state index in [-0.39, 0.29) is 17.0 Å². The number of ketones is 1. The second kappa shape index (κ2) is 10.1. The van der Waals surface area contributed by atoms with Gasteiger partial charge >= 0.3 is 0 Å². The highest BCUT2D eigenvalue weighted by atomic mass is 19.1. The summed E-state index contributed by atoms with van der Waals surface area (Å²) in [5.74, 6) is -1.58. The van der Waals surface area contributed by atoms with Crippen LogP contribution in [0.2, 0.25) is 0 Å². The first kappa shape index (κ1) is 24.8. The lowest BCUT2D eigenvalue weighted by Gasteiger charge is -2.26. The fourth-order valence-electron chi connectivity index (χ4n) is 4.33. The first-order valence-electron chi connectivity index (χ1n) is 11.3. The van der Waals surface area contributed by atoms with Gasteiger partial charge in [0.15, 0.2) is 11.5 Å². The maximum absolute atomic E-state index is 13.7. The van der Waals surface area contributed by atoms with Crippen molar-refractivity contribution < 1.29 is 33.3 Å². The van der Waals surface area contributed by atoms with E-state index >= 15 is 0 Å². The molecule has 0 aromatic heterocycles. The van der Waals surface area contributed by atoms with Crippen molar-refractivity contribution in [1.29, 1.82) is 0 Å². The molecular weight excluding hydrogens is 465 g/mol. The summed E-state index contributed by atoms with van der Waals surface area (Å²) in [7, 11) is 4.37. The summed E-state index contributed by atoms with van der Waals surface area (Å²) in [5, 5.41) is 11.3. The molecule has 1 unspecified atom stereocenters. The molecular formula is C28H26FNO6. The van der Waals surface area contributed by atoms with Gasteiger partial charge in [0.2, 0.25) is 5.75 Å². The molecule has 1 atom stereocenters. The highest BCUT2D eigenvalue weighted by Gasteiger charge is 2.47. The molecule has 0 bridgehead atoms. The van der Waals surface area contributed by atoms with E-state index in [4.69, 9.17) is 14.2 Å². The molecule has 3 aromatic rings. The quantitative estimate of drug-likeness (QED) is 0.283. The number of halogens is 1. The molecule has 3 aromatic carbocycles. The lowest BCUT2D eigenvalue weighted by Crippen LogP contribution is -2.29. The maximum atomic E-state index is 13.7. The summed E-state index contributed by atoms with van der Waals surface area (Å²) in [6, 6.07) is 14.5. The van der Waals surface area contributed by atoms with Gasteiger partial charge in [-0.3, -0.25) is 14.5 Å². The number of carbonyl (C=O) groups excluding carboxylic acids is 2. The van der Waals surface area contributed by atoms with Crippen molar-refractivity contribution in [2.45, 2.75) is 19.4 Å². The van der Waals surface area contributed by atoms with E-state index in [2.05, 4.69) is 0 Å². The fraction of sp³-hybridized carbons (Fsp3) is 0.214. The first-order chi connectivity index (χ1) is 17.3. The molecule has 36 heavy (non-hydrogen) atoms. The molecule has 1 heterocycles. The number of ether oxygens (including phenoxy) is 3. The molecule has 1 amide bonds. The standard InChI is InChI=1S/C28H26FNO6/c1-5-16-6-8-17(9-7-16)25(31)23-24(18-14-21(34-2)27(36-4)22(15-18)35-3)30(28(33)26(23)32)20-12-10-19(29)11-13-20/h6-15,24,31H,5H2,1-4H3/b25-23+. The van der Waals surface area contributed by atoms with E-state index in [1.807, 2.05) is 19.1 Å². The van der Waals surface area contributed by atoms with Gasteiger partial charge in [-0.1, -0.05) is 31.2 Å². The van der Waals surface area contributed by atoms with Crippen molar-refractivity contribution in [3.8, 4) is 17.2 Å². The smallest absolute Gasteiger partial charge is 0.300 e. The zero-order valence-corrected chi connectivity index (χ0v) is 20.4. The summed E-state index contributed by atoms with van der Waals surface area (Å²) >= 11 is 0. The Hall–Kier alpha value is -4.33. The Bertz CT molecular complexity index is 1310. The molecule has 0 saturated carbocycles. The number of hydrogen-bond donors (Lipinski definition) is 1. The Morgan fingerprint density at radius 1 is 0.917 bits per heavy atom. The van der Waals surface area contributed by atoms with Crippen LogP contribution in [-0.4, -0.2) is 38.1 Å². The van der Waals surface area contributed by atoms with E-state index in [1.54, 1.807) is 24.3 Å². The average molecular weight is 492 g/mol. The van der Waals surface area contributed by atoms with Crippen molar-refractivity contribution >= 4 is 23.1 Å². The van der Waals surface area contributed by atoms with Crippen LogP contribution in [0.3, 0.4) is 0 Å². The number of rotatable bonds is 7. The lowest BCUT2D eigenvalue weighted by atomic mass is 9.94. The first-order valence-corrected chi connectivity index (χ1v) is 11.3. The number of anilines is 1. The minimum Gasteiger partial charge on any atom is -0.507 e. The molecule has 0 spiro atoms. The van der Waals surface area contributed by atoms with Crippen LogP contribution in [-0.2, 0) is 16.0 Å². The van der Waals surface area contributed by atoms with Gasteiger partial charge < -0.3 is 19.3 Å². The van der Waals surface area contributed by atoms with Crippen LogP contribution >= 0.6 is 0 Å². The predicted molar refractivity (Wildman–Crippen MR) is 133 cm³/mol. The normalized spacial score (nSPS) is 16.8. The third kappa shape index (κ3) is 4.26. The van der Waals surface area contributed by atoms with Crippen molar-refractivity contribution in [2.75, 3.05) is 26.2 Å². The minimum absolute atomic E-state index is 0.108. The van der Waals surface area contributed by atoms with Crippen LogP contribution in [0.15, 0.2) is 66.2 Å². The molecule has 7 nitrogen and oxygen atoms in total. The molecule has 1 aliphatic heterocycles. The summed E-state index contributed by atoms with van der Waals surface area (Å²) in [5.41, 5.74) is 2.06. The Balaban J connectivity index is 1.99. The van der Waals surface area contributed by atoms with Gasteiger partial charge in [-0.05, 0) is 53.9 Å². The average Bonchev–Trinajstić information content (AvgIpc) is 3.17. The molecule has 186 valence electrons. The van der Waals surface area contributed by atoms with Gasteiger partial charge in [0.1, 0.15) is 11.6 Å². The molecule has 0 aliphatic carbocycles. The summed E-state index contributed by atoms with van der Waals surface area (Å²) in [6.07, 6.45) is 0.807. The van der Waals surface area contributed by atoms with Crippen LogP contribution in [0.4, 0.5) is 10.1 Å². The topological polar surface area (TPSA) is 85.3 Å². The third-order valence-electron chi connectivity index (χ3n) is 6.19. The number of amides is 1. The summed E-state index contributed by atoms with van der Waals surface area (Å²) in [4.78, 5) is 27.9. The summed E-state index contributed by atoms with van der Waals surface area (Å²) in [6.45, 7) is 2.01. The highest BCUT2D eigenvalue weighted by molar-refractivity contribution is 6.51. The number of Topliss-reactive ketones (excluding diaryl/α,β-unsaturated/α-hetero) is 1. The Morgan fingerprint density at radius 2 is 1.50 bits per heavy atom. The van der Waals surface area contributed by atoms with Crippen molar-refractivity contribution in [2.24, 2.45) is 0 Å². The van der Waals surface area contributed by atoms with E-state index in [0.29, 0.717) is 28.4 Å².